The summed E-state index contributed by atoms with van der Waals surface area (Å²) in [6.45, 7) is 14.4. The molecule has 0 unspecified atom stereocenters. The number of rotatable bonds is 6. The minimum atomic E-state index is 0. The standard InChI is InChI=1S/C25H34N2.Ag/c1-7-20-13-18(5)14-21(8-2)24(20)26-11-12-27(17-26)25-22(9-3)15-19(6)16-23(25)10-4;/h11-16H,7-10,17H2,1-6H3;. The van der Waals surface area contributed by atoms with Gasteiger partial charge in [0.2, 0.25) is 0 Å². The zero-order chi connectivity index (χ0) is 19.6. The molecule has 1 aliphatic heterocycles. The molecule has 0 amide bonds. The molecule has 0 N–H and O–H groups in total. The molecule has 0 aliphatic carbocycles. The van der Waals surface area contributed by atoms with E-state index in [1.807, 2.05) is 0 Å². The topological polar surface area (TPSA) is 6.48 Å². The molecule has 0 bridgehead atoms. The SMILES string of the molecule is CCc1cc(C)cc(CC)c1N1C=CN(c2c(CC)cc(C)cc2CC)C1.[Ag]. The van der Waals surface area contributed by atoms with Crippen LogP contribution in [0.1, 0.15) is 61.1 Å². The van der Waals surface area contributed by atoms with Crippen molar-refractivity contribution in [3.63, 3.8) is 0 Å². The van der Waals surface area contributed by atoms with E-state index in [-0.39, 0.29) is 22.4 Å². The maximum Gasteiger partial charge on any atom is 0.0989 e. The Hall–Kier alpha value is -1.48. The van der Waals surface area contributed by atoms with Crippen LogP contribution in [-0.4, -0.2) is 6.67 Å². The Balaban J connectivity index is 0.00000280. The molecule has 0 fully saturated rings. The predicted octanol–water partition coefficient (Wildman–Crippen LogP) is 6.31. The third-order valence-electron chi connectivity index (χ3n) is 5.65. The van der Waals surface area contributed by atoms with E-state index in [2.05, 4.69) is 88.0 Å². The summed E-state index contributed by atoms with van der Waals surface area (Å²) >= 11 is 0. The maximum absolute atomic E-state index is 2.44. The average Bonchev–Trinajstić information content (AvgIpc) is 3.15. The zero-order valence-corrected chi connectivity index (χ0v) is 19.7. The fourth-order valence-corrected chi connectivity index (χ4v) is 4.39. The van der Waals surface area contributed by atoms with Gasteiger partial charge in [0, 0.05) is 46.2 Å². The van der Waals surface area contributed by atoms with Gasteiger partial charge in [-0.25, -0.2) is 0 Å². The first kappa shape index (κ1) is 22.8. The molecule has 1 heterocycles. The molecule has 28 heavy (non-hydrogen) atoms. The van der Waals surface area contributed by atoms with Gasteiger partial charge in [0.25, 0.3) is 0 Å². The molecule has 3 rings (SSSR count). The molecular formula is C25H34AgN2. The van der Waals surface area contributed by atoms with Gasteiger partial charge < -0.3 is 9.80 Å². The summed E-state index contributed by atoms with van der Waals surface area (Å²) < 4.78 is 0. The molecule has 0 spiro atoms. The maximum atomic E-state index is 2.44. The van der Waals surface area contributed by atoms with Gasteiger partial charge in [-0.1, -0.05) is 63.1 Å². The minimum Gasteiger partial charge on any atom is -0.328 e. The molecule has 155 valence electrons. The second kappa shape index (κ2) is 9.82. The van der Waals surface area contributed by atoms with Crippen LogP contribution in [0.2, 0.25) is 0 Å². The van der Waals surface area contributed by atoms with Crippen molar-refractivity contribution in [2.24, 2.45) is 0 Å². The van der Waals surface area contributed by atoms with Crippen molar-refractivity contribution in [1.29, 1.82) is 0 Å². The molecule has 0 atom stereocenters. The van der Waals surface area contributed by atoms with Crippen molar-refractivity contribution < 1.29 is 22.4 Å². The van der Waals surface area contributed by atoms with Crippen LogP contribution in [0.4, 0.5) is 11.4 Å². The van der Waals surface area contributed by atoms with Gasteiger partial charge >= 0.3 is 0 Å². The number of hydrogen-bond acceptors (Lipinski definition) is 2. The van der Waals surface area contributed by atoms with Crippen molar-refractivity contribution in [2.45, 2.75) is 67.2 Å². The monoisotopic (exact) mass is 469 g/mol. The van der Waals surface area contributed by atoms with E-state index < -0.39 is 0 Å². The van der Waals surface area contributed by atoms with E-state index in [1.54, 1.807) is 0 Å². The van der Waals surface area contributed by atoms with E-state index in [0.717, 1.165) is 32.4 Å². The average molecular weight is 470 g/mol. The van der Waals surface area contributed by atoms with Crippen molar-refractivity contribution in [3.05, 3.63) is 70.0 Å². The van der Waals surface area contributed by atoms with Gasteiger partial charge in [-0.05, 0) is 61.8 Å². The molecule has 1 radical (unpaired) electrons. The first-order chi connectivity index (χ1) is 13.0. The number of nitrogens with zero attached hydrogens (tertiary/aromatic N) is 2. The van der Waals surface area contributed by atoms with E-state index >= 15 is 0 Å². The van der Waals surface area contributed by atoms with Crippen LogP contribution in [0, 0.1) is 13.8 Å². The summed E-state index contributed by atoms with van der Waals surface area (Å²) in [7, 11) is 0. The van der Waals surface area contributed by atoms with Gasteiger partial charge in [0.15, 0.2) is 0 Å². The van der Waals surface area contributed by atoms with E-state index in [4.69, 9.17) is 0 Å². The summed E-state index contributed by atoms with van der Waals surface area (Å²) in [5.41, 5.74) is 11.4. The van der Waals surface area contributed by atoms with Crippen molar-refractivity contribution in [2.75, 3.05) is 16.5 Å². The smallest absolute Gasteiger partial charge is 0.0989 e. The van der Waals surface area contributed by atoms with Crippen molar-refractivity contribution >= 4 is 11.4 Å². The molecule has 0 saturated heterocycles. The van der Waals surface area contributed by atoms with Crippen LogP contribution >= 0.6 is 0 Å². The van der Waals surface area contributed by atoms with Gasteiger partial charge in [0.05, 0.1) is 6.67 Å². The Kier molecular flexibility index (Phi) is 8.00. The van der Waals surface area contributed by atoms with Crippen LogP contribution < -0.4 is 9.80 Å². The summed E-state index contributed by atoms with van der Waals surface area (Å²) in [5, 5.41) is 0. The van der Waals surface area contributed by atoms with E-state index in [0.29, 0.717) is 0 Å². The second-order valence-electron chi connectivity index (χ2n) is 7.66. The molecular weight excluding hydrogens is 436 g/mol. The Morgan fingerprint density at radius 2 is 0.893 bits per heavy atom. The predicted molar refractivity (Wildman–Crippen MR) is 119 cm³/mol. The molecule has 2 aromatic rings. The van der Waals surface area contributed by atoms with Crippen molar-refractivity contribution in [3.8, 4) is 0 Å². The fourth-order valence-electron chi connectivity index (χ4n) is 4.39. The Labute approximate surface area is 187 Å². The Bertz CT molecular complexity index is 734. The van der Waals surface area contributed by atoms with Crippen LogP contribution in [0.25, 0.3) is 0 Å². The molecule has 1 aliphatic rings. The summed E-state index contributed by atoms with van der Waals surface area (Å²) in [6, 6.07) is 9.41. The quantitative estimate of drug-likeness (QED) is 0.457. The largest absolute Gasteiger partial charge is 0.328 e. The zero-order valence-electron chi connectivity index (χ0n) is 18.2. The van der Waals surface area contributed by atoms with E-state index in [9.17, 15) is 0 Å². The summed E-state index contributed by atoms with van der Waals surface area (Å²) in [6.07, 6.45) is 8.81. The second-order valence-corrected chi connectivity index (χ2v) is 7.66. The number of anilines is 2. The number of aryl methyl sites for hydroxylation is 6. The molecule has 2 nitrogen and oxygen atoms in total. The number of benzene rings is 2. The third kappa shape index (κ3) is 4.40. The first-order valence-electron chi connectivity index (χ1n) is 10.5. The normalized spacial score (nSPS) is 13.2. The summed E-state index contributed by atoms with van der Waals surface area (Å²) in [5.74, 6) is 0. The number of hydrogen-bond donors (Lipinski definition) is 0. The van der Waals surface area contributed by atoms with Gasteiger partial charge in [-0.3, -0.25) is 0 Å². The Morgan fingerprint density at radius 3 is 1.14 bits per heavy atom. The molecule has 0 saturated carbocycles. The Morgan fingerprint density at radius 1 is 0.607 bits per heavy atom. The molecule has 2 aromatic carbocycles. The molecule has 0 aromatic heterocycles. The fraction of sp³-hybridized carbons (Fsp3) is 0.440. The van der Waals surface area contributed by atoms with Crippen LogP contribution in [-0.2, 0) is 48.1 Å². The van der Waals surface area contributed by atoms with Crippen LogP contribution in [0.5, 0.6) is 0 Å². The van der Waals surface area contributed by atoms with Crippen LogP contribution in [0.15, 0.2) is 36.7 Å². The molecule has 3 heteroatoms. The first-order valence-corrected chi connectivity index (χ1v) is 10.5. The van der Waals surface area contributed by atoms with Gasteiger partial charge in [0.1, 0.15) is 0 Å². The third-order valence-corrected chi connectivity index (χ3v) is 5.65. The van der Waals surface area contributed by atoms with Crippen LogP contribution in [0.3, 0.4) is 0 Å². The van der Waals surface area contributed by atoms with Gasteiger partial charge in [-0.15, -0.1) is 0 Å². The van der Waals surface area contributed by atoms with Crippen molar-refractivity contribution in [1.82, 2.24) is 0 Å². The van der Waals surface area contributed by atoms with Gasteiger partial charge in [-0.2, -0.15) is 0 Å². The van der Waals surface area contributed by atoms with E-state index in [1.165, 1.54) is 44.8 Å². The summed E-state index contributed by atoms with van der Waals surface area (Å²) in [4.78, 5) is 4.88. The minimum absolute atomic E-state index is 0.